The lowest BCUT2D eigenvalue weighted by Gasteiger charge is -2.29. The summed E-state index contributed by atoms with van der Waals surface area (Å²) in [6.07, 6.45) is 3.21. The monoisotopic (exact) mass is 339 g/mol. The fourth-order valence-corrected chi connectivity index (χ4v) is 3.41. The minimum absolute atomic E-state index is 0.0277. The van der Waals surface area contributed by atoms with Gasteiger partial charge in [-0.1, -0.05) is 32.0 Å². The van der Waals surface area contributed by atoms with Gasteiger partial charge in [0.2, 0.25) is 0 Å². The van der Waals surface area contributed by atoms with E-state index in [1.165, 1.54) is 0 Å². The Morgan fingerprint density at radius 1 is 0.920 bits per heavy atom. The molecule has 1 aliphatic rings. The molecule has 0 bridgehead atoms. The first-order valence-electron chi connectivity index (χ1n) is 8.82. The number of rotatable bonds is 3. The first-order chi connectivity index (χ1) is 11.9. The number of piperidine rings is 1. The van der Waals surface area contributed by atoms with Crippen LogP contribution in [-0.2, 0) is 5.41 Å². The smallest absolute Gasteiger partial charge is 0.257 e. The molecule has 1 fully saturated rings. The van der Waals surface area contributed by atoms with Crippen molar-refractivity contribution >= 4 is 5.91 Å². The van der Waals surface area contributed by atoms with Gasteiger partial charge in [-0.15, -0.1) is 0 Å². The molecule has 0 atom stereocenters. The maximum absolute atomic E-state index is 12.6. The van der Waals surface area contributed by atoms with E-state index in [0.717, 1.165) is 43.5 Å². The number of phenolic OH excluding ortho intramolecular Hbond substituents is 2. The Labute approximate surface area is 148 Å². The molecule has 2 N–H and O–H groups in total. The summed E-state index contributed by atoms with van der Waals surface area (Å²) in [7, 11) is 0. The van der Waals surface area contributed by atoms with Gasteiger partial charge in [-0.3, -0.25) is 4.79 Å². The summed E-state index contributed by atoms with van der Waals surface area (Å²) in [4.78, 5) is 14.4. The van der Waals surface area contributed by atoms with Crippen LogP contribution >= 0.6 is 0 Å². The number of carbonyl (C=O) groups excluding carboxylic acids is 1. The van der Waals surface area contributed by atoms with Crippen LogP contribution in [0.1, 0.15) is 54.6 Å². The number of phenols is 2. The van der Waals surface area contributed by atoms with E-state index in [4.69, 9.17) is 0 Å². The van der Waals surface area contributed by atoms with Crippen LogP contribution in [0.2, 0.25) is 0 Å². The molecule has 4 nitrogen and oxygen atoms in total. The standard InChI is InChI=1S/C21H25NO3/c1-21(2,15-6-9-17(23)10-7-15)16-8-11-18(19(24)14-16)20(25)22-12-4-3-5-13-22/h6-11,14,23-24H,3-5,12-13H2,1-2H3. The van der Waals surface area contributed by atoms with Gasteiger partial charge < -0.3 is 15.1 Å². The van der Waals surface area contributed by atoms with Gasteiger partial charge >= 0.3 is 0 Å². The van der Waals surface area contributed by atoms with Gasteiger partial charge in [-0.05, 0) is 54.7 Å². The van der Waals surface area contributed by atoms with Crippen molar-refractivity contribution in [2.24, 2.45) is 0 Å². The topological polar surface area (TPSA) is 60.8 Å². The summed E-state index contributed by atoms with van der Waals surface area (Å²) in [6.45, 7) is 5.64. The minimum atomic E-state index is -0.349. The number of nitrogens with zero attached hydrogens (tertiary/aromatic N) is 1. The third-order valence-electron chi connectivity index (χ3n) is 5.18. The summed E-state index contributed by atoms with van der Waals surface area (Å²) < 4.78 is 0. The Bertz CT molecular complexity index is 759. The molecule has 0 radical (unpaired) electrons. The van der Waals surface area contributed by atoms with Crippen molar-refractivity contribution in [1.82, 2.24) is 4.90 Å². The van der Waals surface area contributed by atoms with E-state index in [1.807, 2.05) is 23.1 Å². The zero-order chi connectivity index (χ0) is 18.0. The van der Waals surface area contributed by atoms with E-state index in [9.17, 15) is 15.0 Å². The minimum Gasteiger partial charge on any atom is -0.508 e. The molecule has 0 unspecified atom stereocenters. The van der Waals surface area contributed by atoms with Gasteiger partial charge in [-0.2, -0.15) is 0 Å². The Morgan fingerprint density at radius 3 is 2.12 bits per heavy atom. The van der Waals surface area contributed by atoms with E-state index in [0.29, 0.717) is 5.56 Å². The molecule has 2 aromatic rings. The molecular weight excluding hydrogens is 314 g/mol. The highest BCUT2D eigenvalue weighted by molar-refractivity contribution is 5.97. The van der Waals surface area contributed by atoms with Crippen LogP contribution in [-0.4, -0.2) is 34.1 Å². The van der Waals surface area contributed by atoms with E-state index in [-0.39, 0.29) is 22.8 Å². The predicted molar refractivity (Wildman–Crippen MR) is 98.1 cm³/mol. The molecule has 132 valence electrons. The largest absolute Gasteiger partial charge is 0.508 e. The number of benzene rings is 2. The Balaban J connectivity index is 1.88. The molecule has 3 rings (SSSR count). The van der Waals surface area contributed by atoms with Crippen LogP contribution in [0.5, 0.6) is 11.5 Å². The number of hydrogen-bond acceptors (Lipinski definition) is 3. The maximum Gasteiger partial charge on any atom is 0.257 e. The van der Waals surface area contributed by atoms with Crippen molar-refractivity contribution in [1.29, 1.82) is 0 Å². The lowest BCUT2D eigenvalue weighted by Crippen LogP contribution is -2.35. The van der Waals surface area contributed by atoms with Crippen LogP contribution in [0, 0.1) is 0 Å². The SMILES string of the molecule is CC(C)(c1ccc(O)cc1)c1ccc(C(=O)N2CCCCC2)c(O)c1. The van der Waals surface area contributed by atoms with Crippen molar-refractivity contribution in [3.05, 3.63) is 59.2 Å². The lowest BCUT2D eigenvalue weighted by atomic mass is 9.78. The van der Waals surface area contributed by atoms with Crippen LogP contribution in [0.3, 0.4) is 0 Å². The van der Waals surface area contributed by atoms with Gasteiger partial charge in [0.05, 0.1) is 5.56 Å². The molecule has 0 saturated carbocycles. The van der Waals surface area contributed by atoms with E-state index < -0.39 is 0 Å². The summed E-state index contributed by atoms with van der Waals surface area (Å²) in [5.41, 5.74) is 1.97. The first-order valence-corrected chi connectivity index (χ1v) is 8.82. The second-order valence-electron chi connectivity index (χ2n) is 7.26. The average molecular weight is 339 g/mol. The molecule has 1 aliphatic heterocycles. The zero-order valence-electron chi connectivity index (χ0n) is 14.8. The molecule has 0 spiro atoms. The zero-order valence-corrected chi connectivity index (χ0v) is 14.8. The Kier molecular flexibility index (Phi) is 4.71. The van der Waals surface area contributed by atoms with Crippen molar-refractivity contribution in [3.8, 4) is 11.5 Å². The Morgan fingerprint density at radius 2 is 1.52 bits per heavy atom. The number of hydrogen-bond donors (Lipinski definition) is 2. The first kappa shape index (κ1) is 17.3. The predicted octanol–water partition coefficient (Wildman–Crippen LogP) is 4.05. The van der Waals surface area contributed by atoms with Crippen LogP contribution in [0.4, 0.5) is 0 Å². The second kappa shape index (κ2) is 6.79. The van der Waals surface area contributed by atoms with Gasteiger partial charge in [0, 0.05) is 18.5 Å². The molecule has 1 heterocycles. The second-order valence-corrected chi connectivity index (χ2v) is 7.26. The van der Waals surface area contributed by atoms with E-state index in [2.05, 4.69) is 13.8 Å². The number of amides is 1. The van der Waals surface area contributed by atoms with Gasteiger partial charge in [0.25, 0.3) is 5.91 Å². The maximum atomic E-state index is 12.6. The van der Waals surface area contributed by atoms with Gasteiger partial charge in [0.1, 0.15) is 11.5 Å². The fraction of sp³-hybridized carbons (Fsp3) is 0.381. The molecule has 1 amide bonds. The lowest BCUT2D eigenvalue weighted by molar-refractivity contribution is 0.0721. The highest BCUT2D eigenvalue weighted by atomic mass is 16.3. The summed E-state index contributed by atoms with van der Waals surface area (Å²) in [6, 6.07) is 12.4. The third kappa shape index (κ3) is 3.48. The molecule has 4 heteroatoms. The molecule has 25 heavy (non-hydrogen) atoms. The summed E-state index contributed by atoms with van der Waals surface area (Å²) in [5, 5.41) is 19.9. The van der Waals surface area contributed by atoms with Gasteiger partial charge in [0.15, 0.2) is 0 Å². The number of aromatic hydroxyl groups is 2. The molecule has 1 saturated heterocycles. The van der Waals surface area contributed by atoms with Crippen LogP contribution in [0.15, 0.2) is 42.5 Å². The van der Waals surface area contributed by atoms with Crippen LogP contribution in [0.25, 0.3) is 0 Å². The van der Waals surface area contributed by atoms with Crippen molar-refractivity contribution < 1.29 is 15.0 Å². The number of carbonyl (C=O) groups is 1. The molecule has 0 aliphatic carbocycles. The van der Waals surface area contributed by atoms with Gasteiger partial charge in [-0.25, -0.2) is 0 Å². The summed E-state index contributed by atoms with van der Waals surface area (Å²) >= 11 is 0. The van der Waals surface area contributed by atoms with Crippen molar-refractivity contribution in [3.63, 3.8) is 0 Å². The average Bonchev–Trinajstić information content (AvgIpc) is 2.62. The van der Waals surface area contributed by atoms with Crippen LogP contribution < -0.4 is 0 Å². The van der Waals surface area contributed by atoms with E-state index in [1.54, 1.807) is 24.3 Å². The van der Waals surface area contributed by atoms with E-state index >= 15 is 0 Å². The molecule has 0 aromatic heterocycles. The quantitative estimate of drug-likeness (QED) is 0.887. The Hall–Kier alpha value is -2.49. The fourth-order valence-electron chi connectivity index (χ4n) is 3.41. The van der Waals surface area contributed by atoms with Crippen molar-refractivity contribution in [2.75, 3.05) is 13.1 Å². The molecule has 2 aromatic carbocycles. The molecular formula is C21H25NO3. The highest BCUT2D eigenvalue weighted by Gasteiger charge is 2.26. The highest BCUT2D eigenvalue weighted by Crippen LogP contribution is 2.35. The summed E-state index contributed by atoms with van der Waals surface area (Å²) in [5.74, 6) is 0.163. The normalized spacial score (nSPS) is 15.2. The number of likely N-dealkylation sites (tertiary alicyclic amines) is 1. The van der Waals surface area contributed by atoms with Crippen molar-refractivity contribution in [2.45, 2.75) is 38.5 Å². The third-order valence-corrected chi connectivity index (χ3v) is 5.18.